The average Bonchev–Trinajstić information content (AvgIpc) is 2.73. The van der Waals surface area contributed by atoms with Gasteiger partial charge in [-0.15, -0.1) is 0 Å². The van der Waals surface area contributed by atoms with Crippen molar-refractivity contribution in [2.75, 3.05) is 19.8 Å². The molecule has 2 aliphatic rings. The zero-order chi connectivity index (χ0) is 19.4. The molecule has 1 amide bonds. The lowest BCUT2D eigenvalue weighted by Crippen LogP contribution is -2.42. The monoisotopic (exact) mass is 383 g/mol. The van der Waals surface area contributed by atoms with Crippen LogP contribution in [0.2, 0.25) is 0 Å². The Labute approximate surface area is 165 Å². The van der Waals surface area contributed by atoms with Gasteiger partial charge in [0.1, 0.15) is 19.0 Å². The number of nitrogens with one attached hydrogen (secondary N) is 1. The van der Waals surface area contributed by atoms with Crippen LogP contribution in [-0.4, -0.2) is 25.7 Å². The summed E-state index contributed by atoms with van der Waals surface area (Å²) < 4.78 is 24.5. The summed E-state index contributed by atoms with van der Waals surface area (Å²) in [6.07, 6.45) is 5.82. The van der Waals surface area contributed by atoms with E-state index in [1.807, 2.05) is 30.3 Å². The lowest BCUT2D eigenvalue weighted by molar-refractivity contribution is -0.120. The topological polar surface area (TPSA) is 47.6 Å². The van der Waals surface area contributed by atoms with Crippen molar-refractivity contribution in [1.82, 2.24) is 5.32 Å². The highest BCUT2D eigenvalue weighted by Gasteiger charge is 2.34. The number of carbonyl (C=O) groups is 1. The Morgan fingerprint density at radius 1 is 0.964 bits per heavy atom. The van der Waals surface area contributed by atoms with Gasteiger partial charge in [-0.3, -0.25) is 4.79 Å². The Hall–Kier alpha value is -2.56. The number of ether oxygens (including phenoxy) is 2. The average molecular weight is 383 g/mol. The fourth-order valence-electron chi connectivity index (χ4n) is 4.31. The number of fused-ring (bicyclic) bond motifs is 1. The number of benzene rings is 2. The van der Waals surface area contributed by atoms with Gasteiger partial charge in [-0.05, 0) is 48.2 Å². The number of amides is 1. The Morgan fingerprint density at radius 3 is 2.43 bits per heavy atom. The van der Waals surface area contributed by atoms with Crippen LogP contribution in [0.3, 0.4) is 0 Å². The number of hydrogen-bond donors (Lipinski definition) is 1. The molecule has 0 bridgehead atoms. The van der Waals surface area contributed by atoms with Crippen LogP contribution in [0.25, 0.3) is 0 Å². The summed E-state index contributed by atoms with van der Waals surface area (Å²) in [5.74, 6) is 1.19. The van der Waals surface area contributed by atoms with Crippen molar-refractivity contribution in [1.29, 1.82) is 0 Å². The molecule has 4 rings (SSSR count). The molecular formula is C23H26FNO3. The molecule has 28 heavy (non-hydrogen) atoms. The molecule has 148 valence electrons. The van der Waals surface area contributed by atoms with Gasteiger partial charge in [0.2, 0.25) is 5.91 Å². The van der Waals surface area contributed by atoms with Gasteiger partial charge < -0.3 is 14.8 Å². The lowest BCUT2D eigenvalue weighted by Gasteiger charge is -2.38. The molecule has 0 unspecified atom stereocenters. The summed E-state index contributed by atoms with van der Waals surface area (Å²) in [7, 11) is 0. The van der Waals surface area contributed by atoms with E-state index in [9.17, 15) is 9.18 Å². The Kier molecular flexibility index (Phi) is 5.51. The molecule has 1 saturated carbocycles. The maximum absolute atomic E-state index is 13.4. The van der Waals surface area contributed by atoms with Crippen molar-refractivity contribution < 1.29 is 18.7 Å². The van der Waals surface area contributed by atoms with Crippen LogP contribution in [0, 0.1) is 5.82 Å². The minimum absolute atomic E-state index is 0.0104. The van der Waals surface area contributed by atoms with Crippen molar-refractivity contribution in [2.24, 2.45) is 0 Å². The van der Waals surface area contributed by atoms with Crippen molar-refractivity contribution in [2.45, 2.75) is 43.9 Å². The first-order chi connectivity index (χ1) is 13.6. The predicted octanol–water partition coefficient (Wildman–Crippen LogP) is 4.16. The van der Waals surface area contributed by atoms with E-state index in [-0.39, 0.29) is 17.1 Å². The Balaban J connectivity index is 1.42. The summed E-state index contributed by atoms with van der Waals surface area (Å²) in [6.45, 7) is 1.67. The third-order valence-corrected chi connectivity index (χ3v) is 5.86. The lowest BCUT2D eigenvalue weighted by atomic mass is 9.69. The molecule has 0 saturated heterocycles. The smallest absolute Gasteiger partial charge is 0.224 e. The van der Waals surface area contributed by atoms with Crippen LogP contribution in [0.15, 0.2) is 42.5 Å². The summed E-state index contributed by atoms with van der Waals surface area (Å²) in [5, 5.41) is 3.13. The first kappa shape index (κ1) is 18.8. The second-order valence-electron chi connectivity index (χ2n) is 7.78. The van der Waals surface area contributed by atoms with Gasteiger partial charge in [-0.25, -0.2) is 4.39 Å². The Morgan fingerprint density at radius 2 is 1.68 bits per heavy atom. The van der Waals surface area contributed by atoms with E-state index in [0.29, 0.717) is 31.9 Å². The maximum Gasteiger partial charge on any atom is 0.224 e. The zero-order valence-corrected chi connectivity index (χ0v) is 16.0. The number of rotatable bonds is 5. The van der Waals surface area contributed by atoms with Gasteiger partial charge in [0.15, 0.2) is 11.5 Å². The SMILES string of the molecule is O=C(Cc1ccc2c(c1)OCCO2)NCC1(c2ccc(F)cc2)CCCCC1. The molecule has 5 heteroatoms. The molecule has 2 aromatic rings. The van der Waals surface area contributed by atoms with Crippen LogP contribution in [0.1, 0.15) is 43.2 Å². The molecule has 4 nitrogen and oxygen atoms in total. The van der Waals surface area contributed by atoms with Crippen molar-refractivity contribution in [3.63, 3.8) is 0 Å². The molecule has 1 fully saturated rings. The van der Waals surface area contributed by atoms with Crippen molar-refractivity contribution in [3.05, 3.63) is 59.4 Å². The fraction of sp³-hybridized carbons (Fsp3) is 0.435. The van der Waals surface area contributed by atoms with Crippen LogP contribution < -0.4 is 14.8 Å². The summed E-state index contributed by atoms with van der Waals surface area (Å²) >= 11 is 0. The van der Waals surface area contributed by atoms with Gasteiger partial charge in [0.05, 0.1) is 6.42 Å². The summed E-state index contributed by atoms with van der Waals surface area (Å²) in [6, 6.07) is 12.4. The third kappa shape index (κ3) is 4.13. The van der Waals surface area contributed by atoms with E-state index in [4.69, 9.17) is 9.47 Å². The van der Waals surface area contributed by atoms with Crippen LogP contribution in [-0.2, 0) is 16.6 Å². The predicted molar refractivity (Wildman–Crippen MR) is 105 cm³/mol. The quantitative estimate of drug-likeness (QED) is 0.843. The Bertz CT molecular complexity index is 828. The van der Waals surface area contributed by atoms with E-state index in [2.05, 4.69) is 5.32 Å². The fourth-order valence-corrected chi connectivity index (χ4v) is 4.31. The van der Waals surface area contributed by atoms with E-state index in [0.717, 1.165) is 42.6 Å². The second-order valence-corrected chi connectivity index (χ2v) is 7.78. The standard InChI is InChI=1S/C23H26FNO3/c24-19-7-5-18(6-8-19)23(10-2-1-3-11-23)16-25-22(26)15-17-4-9-20-21(14-17)28-13-12-27-20/h4-9,14H,1-3,10-13,15-16H2,(H,25,26). The number of hydrogen-bond acceptors (Lipinski definition) is 3. The summed E-state index contributed by atoms with van der Waals surface area (Å²) in [5.41, 5.74) is 1.92. The van der Waals surface area contributed by atoms with Crippen LogP contribution in [0.4, 0.5) is 4.39 Å². The van der Waals surface area contributed by atoms with Gasteiger partial charge >= 0.3 is 0 Å². The van der Waals surface area contributed by atoms with Gasteiger partial charge in [-0.1, -0.05) is 37.5 Å². The molecule has 2 aromatic carbocycles. The highest BCUT2D eigenvalue weighted by atomic mass is 19.1. The minimum Gasteiger partial charge on any atom is -0.486 e. The van der Waals surface area contributed by atoms with Crippen molar-refractivity contribution >= 4 is 5.91 Å². The normalized spacial score (nSPS) is 17.8. The molecule has 0 radical (unpaired) electrons. The zero-order valence-electron chi connectivity index (χ0n) is 16.0. The van der Waals surface area contributed by atoms with E-state index < -0.39 is 0 Å². The summed E-state index contributed by atoms with van der Waals surface area (Å²) in [4.78, 5) is 12.6. The molecule has 1 N–H and O–H groups in total. The number of halogens is 1. The highest BCUT2D eigenvalue weighted by molar-refractivity contribution is 5.79. The van der Waals surface area contributed by atoms with Gasteiger partial charge in [-0.2, -0.15) is 0 Å². The first-order valence-electron chi connectivity index (χ1n) is 10.1. The largest absolute Gasteiger partial charge is 0.486 e. The maximum atomic E-state index is 13.4. The van der Waals surface area contributed by atoms with E-state index >= 15 is 0 Å². The van der Waals surface area contributed by atoms with E-state index in [1.54, 1.807) is 0 Å². The molecule has 0 atom stereocenters. The van der Waals surface area contributed by atoms with Gasteiger partial charge in [0.25, 0.3) is 0 Å². The first-order valence-corrected chi connectivity index (χ1v) is 10.1. The highest BCUT2D eigenvalue weighted by Crippen LogP contribution is 2.39. The minimum atomic E-state index is -0.225. The molecule has 1 aliphatic carbocycles. The van der Waals surface area contributed by atoms with Crippen molar-refractivity contribution in [3.8, 4) is 11.5 Å². The molecule has 0 aromatic heterocycles. The molecule has 1 heterocycles. The number of carbonyl (C=O) groups excluding carboxylic acids is 1. The van der Waals surface area contributed by atoms with E-state index in [1.165, 1.54) is 18.6 Å². The molecule has 1 aliphatic heterocycles. The third-order valence-electron chi connectivity index (χ3n) is 5.86. The van der Waals surface area contributed by atoms with Gasteiger partial charge in [0, 0.05) is 12.0 Å². The van der Waals surface area contributed by atoms with Crippen LogP contribution >= 0.6 is 0 Å². The molecular weight excluding hydrogens is 357 g/mol. The second kappa shape index (κ2) is 8.21. The van der Waals surface area contributed by atoms with Crippen LogP contribution in [0.5, 0.6) is 11.5 Å². The molecule has 0 spiro atoms.